The van der Waals surface area contributed by atoms with Gasteiger partial charge in [-0.2, -0.15) is 13.2 Å². The van der Waals surface area contributed by atoms with Crippen LogP contribution in [0.25, 0.3) is 10.9 Å². The van der Waals surface area contributed by atoms with Gasteiger partial charge in [0, 0.05) is 29.3 Å². The van der Waals surface area contributed by atoms with Gasteiger partial charge in [-0.15, -0.1) is 0 Å². The lowest BCUT2D eigenvalue weighted by atomic mass is 9.78. The van der Waals surface area contributed by atoms with E-state index in [2.05, 4.69) is 26.3 Å². The summed E-state index contributed by atoms with van der Waals surface area (Å²) in [4.78, 5) is 60.0. The minimum absolute atomic E-state index is 0.00682. The van der Waals surface area contributed by atoms with Crippen molar-refractivity contribution in [2.75, 3.05) is 25.6 Å². The number of carbonyl (C=O) groups is 4. The van der Waals surface area contributed by atoms with Gasteiger partial charge in [0.2, 0.25) is 23.6 Å². The largest absolute Gasteiger partial charge is 0.530 e. The molecule has 1 aliphatic rings. The van der Waals surface area contributed by atoms with Crippen LogP contribution in [0.4, 0.5) is 23.2 Å². The van der Waals surface area contributed by atoms with E-state index in [9.17, 15) is 41.3 Å². The molecule has 0 radical (unpaired) electrons. The van der Waals surface area contributed by atoms with Crippen LogP contribution in [-0.2, 0) is 58.2 Å². The second-order valence-corrected chi connectivity index (χ2v) is 17.4. The van der Waals surface area contributed by atoms with Crippen molar-refractivity contribution in [3.8, 4) is 11.5 Å². The molecule has 1 heterocycles. The molecule has 3 aromatic carbocycles. The smallest absolute Gasteiger partial charge is 0.493 e. The number of amides is 4. The molecule has 1 aromatic heterocycles. The number of fused-ring (bicyclic) bond motifs is 3. The number of para-hydroxylation sites is 1. The van der Waals surface area contributed by atoms with E-state index in [0.29, 0.717) is 24.1 Å². The van der Waals surface area contributed by atoms with Crippen molar-refractivity contribution in [3.63, 3.8) is 0 Å². The second kappa shape index (κ2) is 21.0. The van der Waals surface area contributed by atoms with E-state index < -0.39 is 78.5 Å². The first kappa shape index (κ1) is 49.6. The van der Waals surface area contributed by atoms with Gasteiger partial charge in [-0.25, -0.2) is 8.96 Å². The summed E-state index contributed by atoms with van der Waals surface area (Å²) in [5, 5.41) is 11.4. The lowest BCUT2D eigenvalue weighted by Crippen LogP contribution is -2.67. The molecule has 2 unspecified atom stereocenters. The quantitative estimate of drug-likeness (QED) is 0.0431. The van der Waals surface area contributed by atoms with Gasteiger partial charge in [0.05, 0.1) is 37.8 Å². The Bertz CT molecular complexity index is 2370. The first-order valence-electron chi connectivity index (χ1n) is 21.2. The molecule has 348 valence electrons. The molecule has 5 rings (SSSR count). The Hall–Kier alpha value is -5.45. The fourth-order valence-electron chi connectivity index (χ4n) is 7.67. The summed E-state index contributed by atoms with van der Waals surface area (Å²) < 4.78 is 91.9. The molecular formula is C45H56F4N5O9P. The standard InChI is InChI=1S/C45H56F4N5O9P/c1-8-26(5)38(41(56)50-29-19-20-35(60-7)36(24-29)63-64(59,61-10-3)62-11-4)53-43(58)44(22-21-34-31(25-44)30-16-14-17-32(40(30)51-34)45(47,48)49)54-42(57)39(27(6)9-2)52-37(55)23-28-15-12-13-18-33(28)46/h12-20,24,26-27,38-39,51H,8-11,21-23,25H2,1-7H3,(H,50,56)(H,52,55)(H,53,58)(H,54,57)/t26?,27?,38-,39-,44+/m0/s1. The van der Waals surface area contributed by atoms with Gasteiger partial charge < -0.3 is 35.5 Å². The number of anilines is 1. The van der Waals surface area contributed by atoms with Crippen LogP contribution in [0.5, 0.6) is 11.5 Å². The van der Waals surface area contributed by atoms with Crippen molar-refractivity contribution in [3.05, 3.63) is 88.9 Å². The number of ether oxygens (including phenoxy) is 1. The molecule has 0 saturated carbocycles. The summed E-state index contributed by atoms with van der Waals surface area (Å²) in [6.45, 7) is 10.3. The number of nitrogens with one attached hydrogen (secondary N) is 5. The van der Waals surface area contributed by atoms with Crippen LogP contribution in [0.1, 0.15) is 83.2 Å². The molecule has 1 aliphatic carbocycles. The third kappa shape index (κ3) is 11.4. The molecule has 0 fully saturated rings. The van der Waals surface area contributed by atoms with Gasteiger partial charge in [-0.3, -0.25) is 28.2 Å². The van der Waals surface area contributed by atoms with Crippen LogP contribution < -0.4 is 30.5 Å². The number of alkyl halides is 3. The summed E-state index contributed by atoms with van der Waals surface area (Å²) in [5.74, 6) is -4.37. The van der Waals surface area contributed by atoms with E-state index in [1.54, 1.807) is 40.7 Å². The van der Waals surface area contributed by atoms with Crippen molar-refractivity contribution < 1.29 is 59.6 Å². The topological polar surface area (TPSA) is 186 Å². The number of hydrogen-bond donors (Lipinski definition) is 5. The number of aryl methyl sites for hydroxylation is 1. The number of carbonyl (C=O) groups excluding carboxylic acids is 4. The Kier molecular flexibility index (Phi) is 16.3. The average molecular weight is 918 g/mol. The number of aromatic nitrogens is 1. The zero-order valence-electron chi connectivity index (χ0n) is 36.9. The maximum Gasteiger partial charge on any atom is 0.530 e. The molecule has 64 heavy (non-hydrogen) atoms. The fourth-order valence-corrected chi connectivity index (χ4v) is 8.87. The number of phosphoric ester groups is 1. The monoisotopic (exact) mass is 917 g/mol. The van der Waals surface area contributed by atoms with E-state index in [0.717, 1.165) is 6.07 Å². The molecule has 4 amide bonds. The van der Waals surface area contributed by atoms with Crippen LogP contribution in [0.2, 0.25) is 0 Å². The maximum absolute atomic E-state index is 15.0. The third-order valence-electron chi connectivity index (χ3n) is 11.5. The molecule has 4 aromatic rings. The minimum Gasteiger partial charge on any atom is -0.493 e. The lowest BCUT2D eigenvalue weighted by molar-refractivity contribution is -0.138. The summed E-state index contributed by atoms with van der Waals surface area (Å²) in [7, 11) is -2.74. The van der Waals surface area contributed by atoms with Gasteiger partial charge in [0.15, 0.2) is 11.5 Å². The highest BCUT2D eigenvalue weighted by Gasteiger charge is 2.47. The Balaban J connectivity index is 1.51. The van der Waals surface area contributed by atoms with Crippen molar-refractivity contribution >= 4 is 48.0 Å². The molecule has 0 saturated heterocycles. The highest BCUT2D eigenvalue weighted by Crippen LogP contribution is 2.52. The number of rotatable bonds is 20. The number of H-pyrrole nitrogens is 1. The summed E-state index contributed by atoms with van der Waals surface area (Å²) in [6, 6.07) is 11.3. The summed E-state index contributed by atoms with van der Waals surface area (Å²) in [5.41, 5.74) is -1.81. The summed E-state index contributed by atoms with van der Waals surface area (Å²) >= 11 is 0. The Morgan fingerprint density at radius 2 is 1.52 bits per heavy atom. The van der Waals surface area contributed by atoms with E-state index in [1.807, 2.05) is 6.92 Å². The molecule has 0 aliphatic heterocycles. The van der Waals surface area contributed by atoms with Crippen LogP contribution in [0, 0.1) is 17.7 Å². The molecule has 5 N–H and O–H groups in total. The zero-order chi connectivity index (χ0) is 47.0. The van der Waals surface area contributed by atoms with Crippen molar-refractivity contribution in [2.24, 2.45) is 11.8 Å². The predicted molar refractivity (Wildman–Crippen MR) is 232 cm³/mol. The third-order valence-corrected chi connectivity index (χ3v) is 13.1. The second-order valence-electron chi connectivity index (χ2n) is 15.8. The van der Waals surface area contributed by atoms with Crippen LogP contribution in [-0.4, -0.2) is 66.6 Å². The number of halogens is 4. The van der Waals surface area contributed by atoms with E-state index >= 15 is 0 Å². The van der Waals surface area contributed by atoms with Gasteiger partial charge in [-0.1, -0.05) is 70.9 Å². The molecule has 5 atom stereocenters. The predicted octanol–water partition coefficient (Wildman–Crippen LogP) is 8.18. The van der Waals surface area contributed by atoms with E-state index in [1.165, 1.54) is 55.6 Å². The van der Waals surface area contributed by atoms with E-state index in [-0.39, 0.29) is 72.5 Å². The number of hydrogen-bond acceptors (Lipinski definition) is 9. The zero-order valence-corrected chi connectivity index (χ0v) is 37.8. The summed E-state index contributed by atoms with van der Waals surface area (Å²) in [6.07, 6.45) is -4.60. The molecule has 14 nitrogen and oxygen atoms in total. The molecule has 0 bridgehead atoms. The van der Waals surface area contributed by atoms with Gasteiger partial charge >= 0.3 is 14.0 Å². The first-order valence-corrected chi connectivity index (χ1v) is 22.7. The first-order chi connectivity index (χ1) is 30.3. The lowest BCUT2D eigenvalue weighted by Gasteiger charge is -2.39. The maximum atomic E-state index is 15.0. The van der Waals surface area contributed by atoms with Crippen LogP contribution in [0.15, 0.2) is 60.7 Å². The van der Waals surface area contributed by atoms with Gasteiger partial charge in [-0.05, 0) is 73.9 Å². The van der Waals surface area contributed by atoms with Crippen LogP contribution >= 0.6 is 7.82 Å². The average Bonchev–Trinajstić information content (AvgIpc) is 3.62. The van der Waals surface area contributed by atoms with Gasteiger partial charge in [0.25, 0.3) is 0 Å². The van der Waals surface area contributed by atoms with Crippen molar-refractivity contribution in [1.82, 2.24) is 20.9 Å². The van der Waals surface area contributed by atoms with Gasteiger partial charge in [0.1, 0.15) is 23.4 Å². The fraction of sp³-hybridized carbons (Fsp3) is 0.467. The number of aromatic amines is 1. The SMILES string of the molecule is CCOP(=O)(OCC)Oc1cc(NC(=O)[C@@H](NC(=O)[C@@]2(NC(=O)[C@@H](NC(=O)Cc3ccccc3F)C(C)CC)CCc3[nH]c4c(C(F)(F)F)cccc4c3C2)C(C)CC)ccc1OC. The molecule has 19 heteroatoms. The highest BCUT2D eigenvalue weighted by molar-refractivity contribution is 7.48. The van der Waals surface area contributed by atoms with Crippen molar-refractivity contribution in [1.29, 1.82) is 0 Å². The molecular weight excluding hydrogens is 861 g/mol. The van der Waals surface area contributed by atoms with E-state index in [4.69, 9.17) is 18.3 Å². The molecule has 0 spiro atoms. The number of benzene rings is 3. The number of methoxy groups -OCH3 is 1. The Morgan fingerprint density at radius 3 is 2.12 bits per heavy atom. The van der Waals surface area contributed by atoms with Crippen LogP contribution in [0.3, 0.4) is 0 Å². The number of phosphoric acid groups is 1. The highest BCUT2D eigenvalue weighted by atomic mass is 31.2. The Labute approximate surface area is 369 Å². The van der Waals surface area contributed by atoms with Crippen molar-refractivity contribution in [2.45, 2.75) is 104 Å². The normalized spacial score (nSPS) is 17.0. The Morgan fingerprint density at radius 1 is 0.859 bits per heavy atom. The minimum atomic E-state index is -4.69.